The molecule has 5 nitrogen and oxygen atoms in total. The van der Waals surface area contributed by atoms with Gasteiger partial charge in [-0.1, -0.05) is 36.6 Å². The Morgan fingerprint density at radius 3 is 2.72 bits per heavy atom. The Hall–Kier alpha value is -1.92. The van der Waals surface area contributed by atoms with E-state index in [-0.39, 0.29) is 18.1 Å². The maximum atomic E-state index is 12.9. The molecule has 1 aromatic carbocycles. The van der Waals surface area contributed by atoms with Crippen LogP contribution in [0.25, 0.3) is 0 Å². The lowest BCUT2D eigenvalue weighted by Crippen LogP contribution is -2.40. The quantitative estimate of drug-likeness (QED) is 0.798. The van der Waals surface area contributed by atoms with Gasteiger partial charge in [0.2, 0.25) is 5.91 Å². The van der Waals surface area contributed by atoms with Crippen LogP contribution in [0.3, 0.4) is 0 Å². The van der Waals surface area contributed by atoms with Crippen molar-refractivity contribution in [3.63, 3.8) is 0 Å². The lowest BCUT2D eigenvalue weighted by Gasteiger charge is -2.27. The van der Waals surface area contributed by atoms with Crippen LogP contribution in [-0.2, 0) is 17.8 Å². The van der Waals surface area contributed by atoms with Crippen molar-refractivity contribution < 1.29 is 14.7 Å². The summed E-state index contributed by atoms with van der Waals surface area (Å²) in [6.07, 6.45) is 4.44. The molecule has 0 spiro atoms. The SMILES string of the molecule is O=C(O)c1csc(CNC(=O)C2(Cc3cccc(Cl)c3)CCCC2)n1. The van der Waals surface area contributed by atoms with E-state index >= 15 is 0 Å². The van der Waals surface area contributed by atoms with E-state index in [1.54, 1.807) is 0 Å². The van der Waals surface area contributed by atoms with Crippen molar-refractivity contribution in [2.45, 2.75) is 38.6 Å². The van der Waals surface area contributed by atoms with Gasteiger partial charge in [0.1, 0.15) is 5.01 Å². The number of halogens is 1. The fraction of sp³-hybridized carbons (Fsp3) is 0.389. The summed E-state index contributed by atoms with van der Waals surface area (Å²) in [6, 6.07) is 7.64. The molecular weight excluding hydrogens is 360 g/mol. The molecule has 2 aromatic rings. The van der Waals surface area contributed by atoms with E-state index in [4.69, 9.17) is 16.7 Å². The molecule has 0 unspecified atom stereocenters. The number of carbonyl (C=O) groups is 2. The Morgan fingerprint density at radius 2 is 2.08 bits per heavy atom. The van der Waals surface area contributed by atoms with E-state index in [1.165, 1.54) is 16.7 Å². The van der Waals surface area contributed by atoms with Crippen LogP contribution in [0, 0.1) is 5.41 Å². The predicted octanol–water partition coefficient (Wildman–Crippen LogP) is 3.91. The standard InChI is InChI=1S/C18H19ClN2O3S/c19-13-5-3-4-12(8-13)9-18(6-1-2-7-18)17(24)20-10-15-21-14(11-25-15)16(22)23/h3-5,8,11H,1-2,6-7,9-10H2,(H,20,24)(H,22,23). The topological polar surface area (TPSA) is 79.3 Å². The highest BCUT2D eigenvalue weighted by molar-refractivity contribution is 7.09. The third-order valence-electron chi connectivity index (χ3n) is 4.64. The van der Waals surface area contributed by atoms with Gasteiger partial charge in [-0.2, -0.15) is 0 Å². The molecule has 0 atom stereocenters. The van der Waals surface area contributed by atoms with Crippen LogP contribution in [0.5, 0.6) is 0 Å². The molecular formula is C18H19ClN2O3S. The number of hydrogen-bond donors (Lipinski definition) is 2. The van der Waals surface area contributed by atoms with E-state index in [9.17, 15) is 9.59 Å². The maximum absolute atomic E-state index is 12.9. The Bertz CT molecular complexity index is 784. The van der Waals surface area contributed by atoms with Gasteiger partial charge in [-0.05, 0) is 37.0 Å². The number of rotatable bonds is 6. The third kappa shape index (κ3) is 4.19. The van der Waals surface area contributed by atoms with E-state index in [0.29, 0.717) is 16.5 Å². The first kappa shape index (κ1) is 17.9. The Labute approximate surface area is 155 Å². The van der Waals surface area contributed by atoms with E-state index in [2.05, 4.69) is 10.3 Å². The maximum Gasteiger partial charge on any atom is 0.355 e. The number of hydrogen-bond acceptors (Lipinski definition) is 4. The van der Waals surface area contributed by atoms with Crippen molar-refractivity contribution >= 4 is 34.8 Å². The fourth-order valence-electron chi connectivity index (χ4n) is 3.41. The second-order valence-electron chi connectivity index (χ2n) is 6.41. The van der Waals surface area contributed by atoms with Crippen LogP contribution in [-0.4, -0.2) is 22.0 Å². The lowest BCUT2D eigenvalue weighted by molar-refractivity contribution is -0.131. The second-order valence-corrected chi connectivity index (χ2v) is 7.79. The molecule has 2 N–H and O–H groups in total. The monoisotopic (exact) mass is 378 g/mol. The van der Waals surface area contributed by atoms with Crippen molar-refractivity contribution in [3.05, 3.63) is 50.9 Å². The van der Waals surface area contributed by atoms with E-state index in [0.717, 1.165) is 31.2 Å². The zero-order chi connectivity index (χ0) is 17.9. The Morgan fingerprint density at radius 1 is 1.32 bits per heavy atom. The molecule has 1 saturated carbocycles. The normalized spacial score (nSPS) is 15.9. The smallest absolute Gasteiger partial charge is 0.355 e. The van der Waals surface area contributed by atoms with Gasteiger partial charge in [-0.3, -0.25) is 4.79 Å². The number of amides is 1. The summed E-state index contributed by atoms with van der Waals surface area (Å²) >= 11 is 7.31. The summed E-state index contributed by atoms with van der Waals surface area (Å²) in [5.41, 5.74) is 0.660. The van der Waals surface area contributed by atoms with E-state index < -0.39 is 11.4 Å². The number of nitrogens with zero attached hydrogens (tertiary/aromatic N) is 1. The van der Waals surface area contributed by atoms with Crippen molar-refractivity contribution in [2.75, 3.05) is 0 Å². The number of carboxylic acids is 1. The summed E-state index contributed by atoms with van der Waals surface area (Å²) in [5.74, 6) is -1.04. The minimum absolute atomic E-state index is 0.0112. The first-order valence-electron chi connectivity index (χ1n) is 8.19. The van der Waals surface area contributed by atoms with Gasteiger partial charge < -0.3 is 10.4 Å². The van der Waals surface area contributed by atoms with Crippen molar-refractivity contribution in [3.8, 4) is 0 Å². The van der Waals surface area contributed by atoms with Crippen LogP contribution in [0.15, 0.2) is 29.6 Å². The van der Waals surface area contributed by atoms with Crippen molar-refractivity contribution in [1.82, 2.24) is 10.3 Å². The first-order chi connectivity index (χ1) is 12.0. The van der Waals surface area contributed by atoms with Gasteiger partial charge >= 0.3 is 5.97 Å². The van der Waals surface area contributed by atoms with Crippen LogP contribution in [0.1, 0.15) is 46.7 Å². The zero-order valence-electron chi connectivity index (χ0n) is 13.6. The van der Waals surface area contributed by atoms with Crippen LogP contribution >= 0.6 is 22.9 Å². The van der Waals surface area contributed by atoms with Gasteiger partial charge in [0.05, 0.1) is 12.0 Å². The number of nitrogens with one attached hydrogen (secondary N) is 1. The number of benzene rings is 1. The second kappa shape index (κ2) is 7.54. The van der Waals surface area contributed by atoms with Crippen LogP contribution < -0.4 is 5.32 Å². The predicted molar refractivity (Wildman–Crippen MR) is 97.0 cm³/mol. The molecule has 1 amide bonds. The molecule has 1 aromatic heterocycles. The molecule has 3 rings (SSSR count). The van der Waals surface area contributed by atoms with Gasteiger partial charge in [0.15, 0.2) is 5.69 Å². The number of carboxylic acid groups (broad SMARTS) is 1. The Kier molecular flexibility index (Phi) is 5.39. The number of aromatic carboxylic acids is 1. The largest absolute Gasteiger partial charge is 0.476 e. The lowest BCUT2D eigenvalue weighted by atomic mass is 9.79. The van der Waals surface area contributed by atoms with Crippen molar-refractivity contribution in [2.24, 2.45) is 5.41 Å². The summed E-state index contributed by atoms with van der Waals surface area (Å²) < 4.78 is 0. The number of carbonyl (C=O) groups excluding carboxylic acids is 1. The minimum Gasteiger partial charge on any atom is -0.476 e. The average molecular weight is 379 g/mol. The molecule has 0 saturated heterocycles. The van der Waals surface area contributed by atoms with Crippen LogP contribution in [0.2, 0.25) is 5.02 Å². The number of aromatic nitrogens is 1. The van der Waals surface area contributed by atoms with Gasteiger partial charge in [-0.15, -0.1) is 11.3 Å². The van der Waals surface area contributed by atoms with Gasteiger partial charge in [0, 0.05) is 10.4 Å². The molecule has 1 aliphatic carbocycles. The van der Waals surface area contributed by atoms with Gasteiger partial charge in [0.25, 0.3) is 0 Å². The highest BCUT2D eigenvalue weighted by Gasteiger charge is 2.41. The molecule has 0 aliphatic heterocycles. The summed E-state index contributed by atoms with van der Waals surface area (Å²) in [5, 5.41) is 14.6. The molecule has 1 heterocycles. The molecule has 132 valence electrons. The van der Waals surface area contributed by atoms with Crippen LogP contribution in [0.4, 0.5) is 0 Å². The highest BCUT2D eigenvalue weighted by Crippen LogP contribution is 2.41. The third-order valence-corrected chi connectivity index (χ3v) is 5.73. The average Bonchev–Trinajstić information content (AvgIpc) is 3.22. The highest BCUT2D eigenvalue weighted by atomic mass is 35.5. The summed E-state index contributed by atoms with van der Waals surface area (Å²) in [7, 11) is 0. The molecule has 25 heavy (non-hydrogen) atoms. The molecule has 7 heteroatoms. The zero-order valence-corrected chi connectivity index (χ0v) is 15.2. The molecule has 0 radical (unpaired) electrons. The number of thiazole rings is 1. The Balaban J connectivity index is 1.69. The summed E-state index contributed by atoms with van der Waals surface area (Å²) in [6.45, 7) is 0.258. The molecule has 1 aliphatic rings. The minimum atomic E-state index is -1.05. The summed E-state index contributed by atoms with van der Waals surface area (Å²) in [4.78, 5) is 27.8. The van der Waals surface area contributed by atoms with Gasteiger partial charge in [-0.25, -0.2) is 9.78 Å². The van der Waals surface area contributed by atoms with Crippen molar-refractivity contribution in [1.29, 1.82) is 0 Å². The first-order valence-corrected chi connectivity index (χ1v) is 9.45. The molecule has 1 fully saturated rings. The fourth-order valence-corrected chi connectivity index (χ4v) is 4.33. The van der Waals surface area contributed by atoms with E-state index in [1.807, 2.05) is 24.3 Å². The molecule has 0 bridgehead atoms.